The molecule has 9 heteroatoms. The number of rotatable bonds is 5. The minimum atomic E-state index is -0.588. The molecule has 0 aliphatic rings. The highest BCUT2D eigenvalue weighted by Crippen LogP contribution is 2.16. The number of nitrogens with zero attached hydrogens (tertiary/aromatic N) is 1. The van der Waals surface area contributed by atoms with Gasteiger partial charge in [0.05, 0.1) is 4.92 Å². The van der Waals surface area contributed by atoms with Crippen molar-refractivity contribution in [3.05, 3.63) is 99.6 Å². The first-order chi connectivity index (χ1) is 14.8. The average molecular weight is 434 g/mol. The molecule has 0 saturated heterocycles. The number of carbonyl (C=O) groups is 2. The van der Waals surface area contributed by atoms with Gasteiger partial charge in [0.25, 0.3) is 17.5 Å². The van der Waals surface area contributed by atoms with Crippen molar-refractivity contribution in [1.82, 2.24) is 5.32 Å². The molecule has 2 amide bonds. The highest BCUT2D eigenvalue weighted by molar-refractivity contribution is 7.80. The monoisotopic (exact) mass is 434 g/mol. The molecule has 0 saturated carbocycles. The van der Waals surface area contributed by atoms with E-state index in [1.54, 1.807) is 30.3 Å². The maximum atomic E-state index is 12.5. The van der Waals surface area contributed by atoms with Crippen molar-refractivity contribution < 1.29 is 14.5 Å². The number of hydrogen-bond acceptors (Lipinski definition) is 5. The predicted molar refractivity (Wildman–Crippen MR) is 122 cm³/mol. The number of nitrogens with one attached hydrogen (secondary N) is 3. The van der Waals surface area contributed by atoms with Gasteiger partial charge in [-0.3, -0.25) is 25.0 Å². The Kier molecular flexibility index (Phi) is 6.68. The van der Waals surface area contributed by atoms with Gasteiger partial charge in [-0.05, 0) is 61.1 Å². The Morgan fingerprint density at radius 2 is 1.45 bits per heavy atom. The van der Waals surface area contributed by atoms with Crippen LogP contribution in [0.4, 0.5) is 17.1 Å². The number of nitro groups is 1. The number of amides is 2. The molecular weight excluding hydrogens is 416 g/mol. The number of non-ortho nitro benzene ring substituents is 1. The Morgan fingerprint density at radius 3 is 2.13 bits per heavy atom. The van der Waals surface area contributed by atoms with Crippen molar-refractivity contribution in [1.29, 1.82) is 0 Å². The van der Waals surface area contributed by atoms with Crippen LogP contribution in [0.15, 0.2) is 72.8 Å². The summed E-state index contributed by atoms with van der Waals surface area (Å²) < 4.78 is 0. The lowest BCUT2D eigenvalue weighted by Gasteiger charge is -2.11. The van der Waals surface area contributed by atoms with Gasteiger partial charge in [0, 0.05) is 34.6 Å². The summed E-state index contributed by atoms with van der Waals surface area (Å²) in [6, 6.07) is 19.4. The normalized spacial score (nSPS) is 10.1. The molecule has 3 aromatic carbocycles. The summed E-state index contributed by atoms with van der Waals surface area (Å²) in [4.78, 5) is 35.1. The molecule has 156 valence electrons. The van der Waals surface area contributed by atoms with Crippen LogP contribution >= 0.6 is 12.2 Å². The van der Waals surface area contributed by atoms with E-state index in [1.807, 2.05) is 25.1 Å². The third-order valence-electron chi connectivity index (χ3n) is 4.20. The first kappa shape index (κ1) is 21.6. The van der Waals surface area contributed by atoms with Crippen LogP contribution in [0.3, 0.4) is 0 Å². The van der Waals surface area contributed by atoms with Crippen LogP contribution in [0, 0.1) is 17.0 Å². The van der Waals surface area contributed by atoms with Gasteiger partial charge in [-0.1, -0.05) is 24.3 Å². The lowest BCUT2D eigenvalue weighted by molar-refractivity contribution is -0.384. The Bertz CT molecular complexity index is 1180. The Balaban J connectivity index is 1.64. The smallest absolute Gasteiger partial charge is 0.270 e. The summed E-state index contributed by atoms with van der Waals surface area (Å²) in [6.45, 7) is 1.93. The van der Waals surface area contributed by atoms with Crippen molar-refractivity contribution in [2.45, 2.75) is 6.92 Å². The fourth-order valence-corrected chi connectivity index (χ4v) is 2.97. The Hall–Kier alpha value is -4.11. The number of aryl methyl sites for hydroxylation is 1. The summed E-state index contributed by atoms with van der Waals surface area (Å²) in [7, 11) is 0. The van der Waals surface area contributed by atoms with Gasteiger partial charge in [0.1, 0.15) is 0 Å². The molecule has 0 aliphatic heterocycles. The predicted octanol–water partition coefficient (Wildman–Crippen LogP) is 4.28. The van der Waals surface area contributed by atoms with Gasteiger partial charge >= 0.3 is 0 Å². The van der Waals surface area contributed by atoms with Gasteiger partial charge in [-0.15, -0.1) is 0 Å². The van der Waals surface area contributed by atoms with Crippen LogP contribution in [-0.2, 0) is 0 Å². The van der Waals surface area contributed by atoms with Crippen LogP contribution < -0.4 is 16.0 Å². The largest absolute Gasteiger partial charge is 0.332 e. The third kappa shape index (κ3) is 5.94. The molecule has 8 nitrogen and oxygen atoms in total. The molecule has 0 unspecified atom stereocenters. The molecule has 0 fully saturated rings. The lowest BCUT2D eigenvalue weighted by Crippen LogP contribution is -2.34. The summed E-state index contributed by atoms with van der Waals surface area (Å²) in [5.74, 6) is -0.879. The van der Waals surface area contributed by atoms with Crippen LogP contribution in [0.25, 0.3) is 0 Å². The van der Waals surface area contributed by atoms with E-state index in [0.717, 1.165) is 11.6 Å². The van der Waals surface area contributed by atoms with Crippen LogP contribution in [-0.4, -0.2) is 21.9 Å². The minimum Gasteiger partial charge on any atom is -0.332 e. The van der Waals surface area contributed by atoms with Crippen molar-refractivity contribution in [2.24, 2.45) is 0 Å². The molecule has 31 heavy (non-hydrogen) atoms. The molecule has 0 heterocycles. The molecule has 0 bridgehead atoms. The summed E-state index contributed by atoms with van der Waals surface area (Å²) in [5, 5.41) is 19.0. The number of anilines is 2. The summed E-state index contributed by atoms with van der Waals surface area (Å²) in [5.41, 5.74) is 2.52. The molecule has 3 N–H and O–H groups in total. The van der Waals surface area contributed by atoms with E-state index in [2.05, 4.69) is 16.0 Å². The van der Waals surface area contributed by atoms with Gasteiger partial charge < -0.3 is 10.6 Å². The van der Waals surface area contributed by atoms with Gasteiger partial charge in [0.15, 0.2) is 5.11 Å². The number of nitro benzene ring substituents is 1. The van der Waals surface area contributed by atoms with E-state index in [0.29, 0.717) is 16.9 Å². The van der Waals surface area contributed by atoms with Crippen LogP contribution in [0.5, 0.6) is 0 Å². The zero-order valence-corrected chi connectivity index (χ0v) is 17.2. The summed E-state index contributed by atoms with van der Waals surface area (Å²) >= 11 is 5.15. The summed E-state index contributed by atoms with van der Waals surface area (Å²) in [6.07, 6.45) is 0. The second-order valence-corrected chi connectivity index (χ2v) is 7.03. The molecule has 3 aromatic rings. The zero-order valence-electron chi connectivity index (χ0n) is 16.4. The first-order valence-electron chi connectivity index (χ1n) is 9.17. The average Bonchev–Trinajstić information content (AvgIpc) is 2.74. The van der Waals surface area contributed by atoms with Gasteiger partial charge in [-0.2, -0.15) is 0 Å². The van der Waals surface area contributed by atoms with Crippen molar-refractivity contribution >= 4 is 46.2 Å². The molecule has 0 aromatic heterocycles. The SMILES string of the molecule is Cc1cccc(NC(=O)c2cccc(NC(=S)NC(=O)c3cccc([N+](=O)[O-])c3)c2)c1. The standard InChI is InChI=1S/C22H18N4O4S/c1-14-5-2-8-17(11-14)23-20(27)15-6-3-9-18(12-15)24-22(31)25-21(28)16-7-4-10-19(13-16)26(29)30/h2-13H,1H3,(H,23,27)(H2,24,25,28,31). The number of hydrogen-bond donors (Lipinski definition) is 3. The fraction of sp³-hybridized carbons (Fsp3) is 0.0455. The first-order valence-corrected chi connectivity index (χ1v) is 9.57. The van der Waals surface area contributed by atoms with Crippen molar-refractivity contribution in [3.8, 4) is 0 Å². The van der Waals surface area contributed by atoms with Crippen molar-refractivity contribution in [3.63, 3.8) is 0 Å². The highest BCUT2D eigenvalue weighted by Gasteiger charge is 2.13. The molecular formula is C22H18N4O4S. The fourth-order valence-electron chi connectivity index (χ4n) is 2.76. The molecule has 0 atom stereocenters. The Morgan fingerprint density at radius 1 is 0.839 bits per heavy atom. The van der Waals surface area contributed by atoms with Crippen molar-refractivity contribution in [2.75, 3.05) is 10.6 Å². The van der Waals surface area contributed by atoms with Crippen LogP contribution in [0.2, 0.25) is 0 Å². The Labute approximate surface area is 183 Å². The van der Waals surface area contributed by atoms with E-state index in [9.17, 15) is 19.7 Å². The highest BCUT2D eigenvalue weighted by atomic mass is 32.1. The minimum absolute atomic E-state index is 0.00671. The van der Waals surface area contributed by atoms with Gasteiger partial charge in [-0.25, -0.2) is 0 Å². The molecule has 3 rings (SSSR count). The number of carbonyl (C=O) groups excluding carboxylic acids is 2. The second-order valence-electron chi connectivity index (χ2n) is 6.62. The maximum Gasteiger partial charge on any atom is 0.270 e. The third-order valence-corrected chi connectivity index (χ3v) is 4.41. The molecule has 0 spiro atoms. The second kappa shape index (κ2) is 9.59. The lowest BCUT2D eigenvalue weighted by atomic mass is 10.1. The maximum absolute atomic E-state index is 12.5. The van der Waals surface area contributed by atoms with Crippen LogP contribution in [0.1, 0.15) is 26.3 Å². The van der Waals surface area contributed by atoms with Gasteiger partial charge in [0.2, 0.25) is 0 Å². The quantitative estimate of drug-likeness (QED) is 0.314. The molecule has 0 aliphatic carbocycles. The van der Waals surface area contributed by atoms with E-state index in [4.69, 9.17) is 12.2 Å². The number of benzene rings is 3. The van der Waals surface area contributed by atoms with E-state index < -0.39 is 10.8 Å². The van der Waals surface area contributed by atoms with E-state index in [1.165, 1.54) is 18.2 Å². The van der Waals surface area contributed by atoms with E-state index >= 15 is 0 Å². The molecule has 0 radical (unpaired) electrons. The zero-order chi connectivity index (χ0) is 22.4. The van der Waals surface area contributed by atoms with E-state index in [-0.39, 0.29) is 22.3 Å². The number of thiocarbonyl (C=S) groups is 1. The topological polar surface area (TPSA) is 113 Å².